The maximum atomic E-state index is 10.5. The van der Waals surface area contributed by atoms with Crippen molar-refractivity contribution in [1.29, 1.82) is 0 Å². The van der Waals surface area contributed by atoms with Gasteiger partial charge in [0.15, 0.2) is 5.76 Å². The number of nitro groups is 2. The molecule has 1 N–H and O–H groups in total. The molecule has 0 spiro atoms. The quantitative estimate of drug-likeness (QED) is 0.294. The van der Waals surface area contributed by atoms with E-state index >= 15 is 0 Å². The lowest BCUT2D eigenvalue weighted by Gasteiger charge is -2.05. The van der Waals surface area contributed by atoms with Crippen LogP contribution in [0.1, 0.15) is 0 Å². The largest absolute Gasteiger partial charge is 0.502 e. The molecule has 0 aromatic rings. The Morgan fingerprint density at radius 2 is 2.00 bits per heavy atom. The van der Waals surface area contributed by atoms with Crippen LogP contribution in [0.15, 0.2) is 23.6 Å². The van der Waals surface area contributed by atoms with E-state index in [2.05, 4.69) is 4.79 Å². The topological polar surface area (TPSA) is 143 Å². The molecule has 0 aromatic heterocycles. The lowest BCUT2D eigenvalue weighted by Crippen LogP contribution is -2.36. The Morgan fingerprint density at radius 3 is 2.40 bits per heavy atom. The molecule has 0 radical (unpaired) electrons. The van der Waals surface area contributed by atoms with Gasteiger partial charge in [-0.25, -0.2) is 0 Å². The van der Waals surface area contributed by atoms with E-state index in [-0.39, 0.29) is 0 Å². The lowest BCUT2D eigenvalue weighted by molar-refractivity contribution is -0.542. The highest BCUT2D eigenvalue weighted by molar-refractivity contribution is 5.97. The fourth-order valence-corrected chi connectivity index (χ4v) is 1.11. The molecular formula is C6H4N4O5. The van der Waals surface area contributed by atoms with Crippen molar-refractivity contribution in [2.75, 3.05) is 0 Å². The minimum Gasteiger partial charge on any atom is -0.502 e. The van der Waals surface area contributed by atoms with Crippen LogP contribution < -0.4 is 0 Å². The van der Waals surface area contributed by atoms with Gasteiger partial charge in [-0.15, -0.1) is 0 Å². The summed E-state index contributed by atoms with van der Waals surface area (Å²) in [7, 11) is 0. The molecule has 0 heterocycles. The minimum absolute atomic E-state index is 0.510. The Balaban J connectivity index is 3.39. The molecule has 0 aromatic carbocycles. The molecule has 0 fully saturated rings. The maximum absolute atomic E-state index is 10.5. The van der Waals surface area contributed by atoms with Crippen molar-refractivity contribution < 1.29 is 19.7 Å². The molecule has 0 amide bonds. The van der Waals surface area contributed by atoms with Crippen LogP contribution in [0, 0.1) is 20.2 Å². The van der Waals surface area contributed by atoms with E-state index in [9.17, 15) is 20.2 Å². The molecule has 1 aliphatic carbocycles. The molecule has 9 heteroatoms. The van der Waals surface area contributed by atoms with Crippen molar-refractivity contribution in [2.45, 2.75) is 6.04 Å². The molecule has 0 aliphatic heterocycles. The van der Waals surface area contributed by atoms with Crippen LogP contribution in [0.3, 0.4) is 0 Å². The predicted octanol–water partition coefficient (Wildman–Crippen LogP) is -0.0814. The number of hydrogen-bond acceptors (Lipinski definition) is 5. The van der Waals surface area contributed by atoms with E-state index in [0.29, 0.717) is 0 Å². The number of allylic oxidation sites excluding steroid dienone is 1. The van der Waals surface area contributed by atoms with Gasteiger partial charge >= 0.3 is 17.5 Å². The van der Waals surface area contributed by atoms with Gasteiger partial charge in [0.25, 0.3) is 0 Å². The Kier molecular flexibility index (Phi) is 2.59. The molecule has 15 heavy (non-hydrogen) atoms. The first kappa shape index (κ1) is 10.5. The average molecular weight is 212 g/mol. The molecule has 1 atom stereocenters. The van der Waals surface area contributed by atoms with Crippen molar-refractivity contribution >= 4 is 5.71 Å². The first-order valence-electron chi connectivity index (χ1n) is 3.60. The number of rotatable bonds is 2. The van der Waals surface area contributed by atoms with E-state index in [0.717, 1.165) is 12.2 Å². The Morgan fingerprint density at radius 1 is 1.40 bits per heavy atom. The van der Waals surface area contributed by atoms with E-state index in [1.807, 2.05) is 0 Å². The van der Waals surface area contributed by atoms with Crippen LogP contribution in [0.4, 0.5) is 0 Å². The van der Waals surface area contributed by atoms with Gasteiger partial charge in [-0.3, -0.25) is 20.2 Å². The highest BCUT2D eigenvalue weighted by atomic mass is 16.6. The summed E-state index contributed by atoms with van der Waals surface area (Å²) >= 11 is 0. The first-order chi connectivity index (χ1) is 6.99. The lowest BCUT2D eigenvalue weighted by atomic mass is 10.0. The summed E-state index contributed by atoms with van der Waals surface area (Å²) in [6, 6.07) is -1.96. The fraction of sp³-hybridized carbons (Fsp3) is 0.167. The standard InChI is InChI=1S/C6H4N4O5/c7-8-3-1-2-4(11)6(10(14)15)5(3)9(12)13/h1-2,5,11H. The summed E-state index contributed by atoms with van der Waals surface area (Å²) in [4.78, 5) is 21.4. The summed E-state index contributed by atoms with van der Waals surface area (Å²) < 4.78 is 0. The second kappa shape index (κ2) is 3.68. The van der Waals surface area contributed by atoms with Gasteiger partial charge in [0, 0.05) is 11.0 Å². The van der Waals surface area contributed by atoms with Crippen molar-refractivity contribution in [3.63, 3.8) is 0 Å². The van der Waals surface area contributed by atoms with Gasteiger partial charge in [-0.05, 0) is 6.08 Å². The SMILES string of the molecule is [N-]=[N+]=C1C=CC(O)=C([N+](=O)[O-])C1[N+](=O)[O-]. The molecule has 1 unspecified atom stereocenters. The van der Waals surface area contributed by atoms with Crippen LogP contribution in [0.25, 0.3) is 5.53 Å². The molecule has 0 bridgehead atoms. The highest BCUT2D eigenvalue weighted by Crippen LogP contribution is 2.18. The normalized spacial score (nSPS) is 20.0. The zero-order valence-electron chi connectivity index (χ0n) is 7.10. The maximum Gasteiger partial charge on any atom is 0.402 e. The third-order valence-electron chi connectivity index (χ3n) is 1.74. The molecule has 0 saturated heterocycles. The summed E-state index contributed by atoms with van der Waals surface area (Å²) in [5.74, 6) is -0.825. The fourth-order valence-electron chi connectivity index (χ4n) is 1.11. The molecular weight excluding hydrogens is 208 g/mol. The highest BCUT2D eigenvalue weighted by Gasteiger charge is 2.49. The average Bonchev–Trinajstić information content (AvgIpc) is 2.16. The monoisotopic (exact) mass is 212 g/mol. The van der Waals surface area contributed by atoms with Crippen LogP contribution in [-0.2, 0) is 0 Å². The Bertz CT molecular complexity index is 444. The predicted molar refractivity (Wildman–Crippen MR) is 45.2 cm³/mol. The Hall–Kier alpha value is -2.54. The second-order valence-corrected chi connectivity index (χ2v) is 2.57. The van der Waals surface area contributed by atoms with Crippen molar-refractivity contribution in [3.05, 3.63) is 49.4 Å². The van der Waals surface area contributed by atoms with E-state index < -0.39 is 33.1 Å². The molecule has 0 saturated carbocycles. The Labute approximate surface area is 81.9 Å². The summed E-state index contributed by atoms with van der Waals surface area (Å²) in [5.41, 5.74) is 6.87. The molecule has 1 aliphatic rings. The molecule has 9 nitrogen and oxygen atoms in total. The van der Waals surface area contributed by atoms with Crippen LogP contribution in [-0.4, -0.2) is 31.5 Å². The summed E-state index contributed by atoms with van der Waals surface area (Å²) in [6.45, 7) is 0. The van der Waals surface area contributed by atoms with Gasteiger partial charge in [0.2, 0.25) is 0 Å². The zero-order chi connectivity index (χ0) is 11.6. The van der Waals surface area contributed by atoms with Crippen LogP contribution >= 0.6 is 0 Å². The number of nitrogens with zero attached hydrogens (tertiary/aromatic N) is 4. The van der Waals surface area contributed by atoms with Crippen molar-refractivity contribution in [2.24, 2.45) is 0 Å². The van der Waals surface area contributed by atoms with E-state index in [4.69, 9.17) is 10.6 Å². The summed E-state index contributed by atoms with van der Waals surface area (Å²) in [6.07, 6.45) is 1.78. The smallest absolute Gasteiger partial charge is 0.402 e. The van der Waals surface area contributed by atoms with Crippen LogP contribution in [0.2, 0.25) is 0 Å². The van der Waals surface area contributed by atoms with Crippen molar-refractivity contribution in [1.82, 2.24) is 0 Å². The van der Waals surface area contributed by atoms with Gasteiger partial charge in [-0.2, -0.15) is 4.79 Å². The van der Waals surface area contributed by atoms with E-state index in [1.165, 1.54) is 0 Å². The second-order valence-electron chi connectivity index (χ2n) is 2.57. The third-order valence-corrected chi connectivity index (χ3v) is 1.74. The van der Waals surface area contributed by atoms with Gasteiger partial charge in [-0.1, -0.05) is 0 Å². The first-order valence-corrected chi connectivity index (χ1v) is 3.60. The minimum atomic E-state index is -1.96. The van der Waals surface area contributed by atoms with Gasteiger partial charge < -0.3 is 10.6 Å². The van der Waals surface area contributed by atoms with E-state index in [1.54, 1.807) is 0 Å². The van der Waals surface area contributed by atoms with Gasteiger partial charge in [0.05, 0.1) is 4.92 Å². The number of hydrogen-bond donors (Lipinski definition) is 1. The number of aliphatic hydroxyl groups excluding tert-OH is 1. The van der Waals surface area contributed by atoms with Gasteiger partial charge in [0.1, 0.15) is 0 Å². The zero-order valence-corrected chi connectivity index (χ0v) is 7.10. The van der Waals surface area contributed by atoms with Crippen molar-refractivity contribution in [3.8, 4) is 0 Å². The third kappa shape index (κ3) is 1.71. The summed E-state index contributed by atoms with van der Waals surface area (Å²) in [5, 5.41) is 30.0. The number of aliphatic hydroxyl groups is 1. The van der Waals surface area contributed by atoms with Crippen LogP contribution in [0.5, 0.6) is 0 Å². The molecule has 1 rings (SSSR count). The molecule has 78 valence electrons.